The predicted molar refractivity (Wildman–Crippen MR) is 341 cm³/mol. The molecule has 1 heterocycles. The lowest BCUT2D eigenvalue weighted by molar-refractivity contribution is -0.161. The number of nitrogens with one attached hydrogen (secondary N) is 4. The van der Waals surface area contributed by atoms with Gasteiger partial charge in [-0.05, 0) is 102 Å². The van der Waals surface area contributed by atoms with E-state index in [0.717, 1.165) is 28.8 Å². The standard InChI is InChI=1S/C64H113N11O15/c1-26-28-29-39(13)51(76)49-55(80)67-42(27-2)57(82)75(24)50(63(88)89)62(87)72(21)46(33-64(16,17)90-25)54(79)68-47(37(9)10)60(85)69(18)43(30-34(3)4)53(78)65-40(14)52(77)66-41(15)56(81)70(19)44(31-35(5)6)58(83)71(20)45(32-36(7)8)59(84)73(22)48(38(11)12)61(86)74(49)23/h26,28,34-51,76H,27,29-33H2,1-25H3,(H,65,78)(H,66,77)(H,67,80)(H,68,79)(H,88,89)/b28-26+/t39-,40+,41-,42+,43+,44+,45+,46+,47+,48+,49+,50?,51-/m1/s1. The van der Waals surface area contributed by atoms with E-state index in [4.69, 9.17) is 4.74 Å². The number of aliphatic carboxylic acids is 1. The first-order chi connectivity index (χ1) is 41.4. The number of amides is 11. The molecule has 1 aliphatic heterocycles. The van der Waals surface area contributed by atoms with Gasteiger partial charge in [-0.3, -0.25) is 52.7 Å². The molecule has 0 aromatic rings. The van der Waals surface area contributed by atoms with Gasteiger partial charge in [0.05, 0.1) is 11.7 Å². The van der Waals surface area contributed by atoms with E-state index in [1.165, 1.54) is 77.8 Å². The minimum atomic E-state index is -2.33. The summed E-state index contributed by atoms with van der Waals surface area (Å²) in [5.41, 5.74) is -1.18. The number of aliphatic hydroxyl groups is 1. The van der Waals surface area contributed by atoms with Crippen molar-refractivity contribution in [3.63, 3.8) is 0 Å². The maximum Gasteiger partial charge on any atom is 0.336 e. The number of aliphatic hydroxyl groups excluding tert-OH is 1. The number of hydrogen-bond acceptors (Lipinski definition) is 14. The number of carbonyl (C=O) groups is 12. The fourth-order valence-corrected chi connectivity index (χ4v) is 11.1. The van der Waals surface area contributed by atoms with Gasteiger partial charge in [-0.1, -0.05) is 95.2 Å². The van der Waals surface area contributed by atoms with Crippen LogP contribution in [-0.2, 0) is 62.3 Å². The molecule has 6 N–H and O–H groups in total. The molecule has 0 radical (unpaired) electrons. The second-order valence-corrected chi connectivity index (χ2v) is 27.1. The van der Waals surface area contributed by atoms with Gasteiger partial charge in [-0.25, -0.2) is 4.79 Å². The van der Waals surface area contributed by atoms with Crippen LogP contribution in [0.15, 0.2) is 12.2 Å². The Morgan fingerprint density at radius 1 is 0.522 bits per heavy atom. The lowest BCUT2D eigenvalue weighted by Gasteiger charge is -2.41. The number of hydrogen-bond donors (Lipinski definition) is 6. The number of methoxy groups -OCH3 is 1. The molecule has 0 spiro atoms. The third-order valence-corrected chi connectivity index (χ3v) is 17.0. The Morgan fingerprint density at radius 2 is 0.956 bits per heavy atom. The molecule has 0 saturated carbocycles. The summed E-state index contributed by atoms with van der Waals surface area (Å²) < 4.78 is 5.67. The summed E-state index contributed by atoms with van der Waals surface area (Å²) in [6.07, 6.45) is 1.93. The largest absolute Gasteiger partial charge is 0.479 e. The lowest BCUT2D eigenvalue weighted by Crippen LogP contribution is -2.64. The summed E-state index contributed by atoms with van der Waals surface area (Å²) >= 11 is 0. The summed E-state index contributed by atoms with van der Waals surface area (Å²) in [5, 5.41) is 33.6. The van der Waals surface area contributed by atoms with E-state index in [1.807, 2.05) is 41.5 Å². The lowest BCUT2D eigenvalue weighted by atomic mass is 9.91. The molecular weight excluding hydrogens is 1160 g/mol. The van der Waals surface area contributed by atoms with E-state index in [2.05, 4.69) is 21.3 Å². The van der Waals surface area contributed by atoms with E-state index in [9.17, 15) is 58.2 Å². The molecule has 514 valence electrons. The van der Waals surface area contributed by atoms with Gasteiger partial charge in [0.1, 0.15) is 60.4 Å². The van der Waals surface area contributed by atoms with E-state index >= 15 is 9.59 Å². The summed E-state index contributed by atoms with van der Waals surface area (Å²) in [6.45, 7) is 28.6. The number of carboxylic acid groups (broad SMARTS) is 1. The molecule has 0 aliphatic carbocycles. The van der Waals surface area contributed by atoms with Crippen molar-refractivity contribution >= 4 is 70.9 Å². The van der Waals surface area contributed by atoms with Crippen molar-refractivity contribution < 1.29 is 72.5 Å². The molecule has 1 rings (SSSR count). The van der Waals surface area contributed by atoms with Gasteiger partial charge in [0, 0.05) is 62.9 Å². The molecule has 0 aromatic heterocycles. The van der Waals surface area contributed by atoms with Crippen LogP contribution in [0.5, 0.6) is 0 Å². The maximum absolute atomic E-state index is 15.2. The van der Waals surface area contributed by atoms with Crippen molar-refractivity contribution in [2.45, 2.75) is 234 Å². The van der Waals surface area contributed by atoms with Crippen molar-refractivity contribution in [1.29, 1.82) is 0 Å². The molecule has 13 atom stereocenters. The molecule has 11 amide bonds. The van der Waals surface area contributed by atoms with Gasteiger partial charge in [0.2, 0.25) is 65.1 Å². The minimum Gasteiger partial charge on any atom is -0.479 e. The number of carboxylic acids is 1. The van der Waals surface area contributed by atoms with Gasteiger partial charge >= 0.3 is 5.97 Å². The summed E-state index contributed by atoms with van der Waals surface area (Å²) in [4.78, 5) is 183. The van der Waals surface area contributed by atoms with Crippen molar-refractivity contribution in [2.75, 3.05) is 56.4 Å². The van der Waals surface area contributed by atoms with Crippen LogP contribution >= 0.6 is 0 Å². The van der Waals surface area contributed by atoms with E-state index in [0.29, 0.717) is 4.90 Å². The first-order valence-corrected chi connectivity index (χ1v) is 31.6. The minimum absolute atomic E-state index is 0.0832. The van der Waals surface area contributed by atoms with Crippen LogP contribution in [0.2, 0.25) is 0 Å². The Morgan fingerprint density at radius 3 is 1.40 bits per heavy atom. The fourth-order valence-electron chi connectivity index (χ4n) is 11.1. The molecule has 90 heavy (non-hydrogen) atoms. The van der Waals surface area contributed by atoms with Gasteiger partial charge in [-0.2, -0.15) is 0 Å². The Bertz CT molecular complexity index is 2540. The number of nitrogens with zero attached hydrogens (tertiary/aromatic N) is 7. The van der Waals surface area contributed by atoms with E-state index in [-0.39, 0.29) is 56.3 Å². The molecule has 26 nitrogen and oxygen atoms in total. The van der Waals surface area contributed by atoms with Crippen molar-refractivity contribution in [3.8, 4) is 0 Å². The second-order valence-electron chi connectivity index (χ2n) is 27.1. The topological polar surface area (TPSA) is 325 Å². The first-order valence-electron chi connectivity index (χ1n) is 31.6. The van der Waals surface area contributed by atoms with Gasteiger partial charge < -0.3 is 70.5 Å². The number of ether oxygens (including phenoxy) is 1. The van der Waals surface area contributed by atoms with Crippen LogP contribution in [0, 0.1) is 35.5 Å². The van der Waals surface area contributed by atoms with Crippen LogP contribution in [0.25, 0.3) is 0 Å². The van der Waals surface area contributed by atoms with Crippen LogP contribution in [0.1, 0.15) is 156 Å². The molecule has 0 bridgehead atoms. The maximum atomic E-state index is 15.2. The highest BCUT2D eigenvalue weighted by Gasteiger charge is 2.48. The third kappa shape index (κ3) is 21.7. The SMILES string of the molecule is C/C=C/C[C@@H](C)[C@@H](O)[C@H]1C(=O)N[C@@H](CC)C(=O)N(C)C(C(=O)O)C(=O)N(C)[C@@H](CC(C)(C)OC)C(=O)N[C@@H](C(C)C)C(=O)N(C)[C@@H](CC(C)C)C(=O)N[C@@H](C)C(=O)N[C@H](C)C(=O)N(C)[C@@H](CC(C)C)C(=O)N(C)[C@@H](CC(C)C)C(=O)N(C)[C@@H](C(C)C)C(=O)N1C. The van der Waals surface area contributed by atoms with Crippen LogP contribution in [0.3, 0.4) is 0 Å². The van der Waals surface area contributed by atoms with Gasteiger partial charge in [0.15, 0.2) is 0 Å². The Labute approximate surface area is 535 Å². The smallest absolute Gasteiger partial charge is 0.336 e. The third-order valence-electron chi connectivity index (χ3n) is 17.0. The fraction of sp³-hybridized carbons (Fsp3) is 0.781. The van der Waals surface area contributed by atoms with Crippen molar-refractivity contribution in [1.82, 2.24) is 55.6 Å². The van der Waals surface area contributed by atoms with Crippen LogP contribution < -0.4 is 21.3 Å². The monoisotopic (exact) mass is 1280 g/mol. The van der Waals surface area contributed by atoms with Crippen LogP contribution in [0.4, 0.5) is 0 Å². The first kappa shape index (κ1) is 81.3. The van der Waals surface area contributed by atoms with E-state index in [1.54, 1.807) is 67.5 Å². The highest BCUT2D eigenvalue weighted by atomic mass is 16.5. The molecule has 1 unspecified atom stereocenters. The van der Waals surface area contributed by atoms with Crippen molar-refractivity contribution in [3.05, 3.63) is 12.2 Å². The zero-order valence-corrected chi connectivity index (χ0v) is 58.6. The summed E-state index contributed by atoms with van der Waals surface area (Å²) in [6, 6.07) is -16.1. The van der Waals surface area contributed by atoms with Gasteiger partial charge in [-0.15, -0.1) is 0 Å². The molecule has 1 fully saturated rings. The second kappa shape index (κ2) is 35.8. The normalized spacial score (nSPS) is 27.0. The van der Waals surface area contributed by atoms with Crippen LogP contribution in [-0.4, -0.2) is 250 Å². The zero-order valence-electron chi connectivity index (χ0n) is 58.6. The highest BCUT2D eigenvalue weighted by Crippen LogP contribution is 2.27. The number of rotatable bonds is 17. The molecular formula is C64H113N11O15. The van der Waals surface area contributed by atoms with E-state index < -0.39 is 167 Å². The Balaban J connectivity index is 4.52. The highest BCUT2D eigenvalue weighted by molar-refractivity contribution is 6.06. The summed E-state index contributed by atoms with van der Waals surface area (Å²) in [5.74, 6) is -13.7. The van der Waals surface area contributed by atoms with Crippen molar-refractivity contribution in [2.24, 2.45) is 35.5 Å². The molecule has 1 saturated heterocycles. The Kier molecular flexibility index (Phi) is 32.3. The number of carbonyl (C=O) groups excluding carboxylic acids is 11. The van der Waals surface area contributed by atoms with Gasteiger partial charge in [0.25, 0.3) is 5.91 Å². The number of likely N-dealkylation sites (N-methyl/N-ethyl adjacent to an activating group) is 7. The average Bonchev–Trinajstić information content (AvgIpc) is 0.841. The predicted octanol–water partition coefficient (Wildman–Crippen LogP) is 2.49. The average molecular weight is 1280 g/mol. The zero-order chi connectivity index (χ0) is 70.1. The number of allylic oxidation sites excluding steroid dienone is 2. The quantitative estimate of drug-likeness (QED) is 0.0900. The molecule has 26 heteroatoms. The summed E-state index contributed by atoms with van der Waals surface area (Å²) in [7, 11) is 10.4. The molecule has 0 aromatic carbocycles. The molecule has 1 aliphatic rings. The Hall–Kier alpha value is -6.70.